The first-order chi connectivity index (χ1) is 9.45. The quantitative estimate of drug-likeness (QED) is 0.852. The summed E-state index contributed by atoms with van der Waals surface area (Å²) in [6, 6.07) is 8.00. The molecular formula is C14H13FN2O2S. The van der Waals surface area contributed by atoms with Crippen LogP contribution in [0.1, 0.15) is 11.3 Å². The van der Waals surface area contributed by atoms with Gasteiger partial charge in [0.1, 0.15) is 5.82 Å². The first kappa shape index (κ1) is 13.2. The Labute approximate surface area is 116 Å². The van der Waals surface area contributed by atoms with Crippen molar-refractivity contribution in [2.75, 3.05) is 6.26 Å². The molecule has 0 radical (unpaired) electrons. The van der Waals surface area contributed by atoms with E-state index in [1.807, 2.05) is 6.07 Å². The fraction of sp³-hybridized carbons (Fsp3) is 0.214. The molecule has 0 saturated carbocycles. The first-order valence-electron chi connectivity index (χ1n) is 6.13. The topological polar surface area (TPSA) is 50.3 Å². The monoisotopic (exact) mass is 292 g/mol. The third-order valence-electron chi connectivity index (χ3n) is 3.43. The molecule has 2 aromatic rings. The minimum Gasteiger partial charge on any atom is -0.260 e. The molecule has 1 aromatic carbocycles. The zero-order valence-electron chi connectivity index (χ0n) is 10.9. The average molecular weight is 292 g/mol. The van der Waals surface area contributed by atoms with E-state index in [1.165, 1.54) is 22.7 Å². The first-order valence-corrected chi connectivity index (χ1v) is 7.98. The Morgan fingerprint density at radius 2 is 1.85 bits per heavy atom. The van der Waals surface area contributed by atoms with E-state index in [4.69, 9.17) is 0 Å². The van der Waals surface area contributed by atoms with Gasteiger partial charge in [-0.25, -0.2) is 12.8 Å². The van der Waals surface area contributed by atoms with Crippen LogP contribution in [0.2, 0.25) is 0 Å². The van der Waals surface area contributed by atoms with Crippen molar-refractivity contribution < 1.29 is 12.8 Å². The predicted octanol–water partition coefficient (Wildman–Crippen LogP) is 2.16. The average Bonchev–Trinajstić information content (AvgIpc) is 2.83. The third-order valence-corrected chi connectivity index (χ3v) is 4.63. The van der Waals surface area contributed by atoms with E-state index in [-0.39, 0.29) is 5.82 Å². The molecule has 0 unspecified atom stereocenters. The summed E-state index contributed by atoms with van der Waals surface area (Å²) in [6.45, 7) is 0.609. The van der Waals surface area contributed by atoms with Gasteiger partial charge in [0.25, 0.3) is 0 Å². The van der Waals surface area contributed by atoms with Gasteiger partial charge in [-0.2, -0.15) is 4.31 Å². The van der Waals surface area contributed by atoms with Crippen molar-refractivity contribution in [3.05, 3.63) is 53.6 Å². The Kier molecular flexibility index (Phi) is 3.07. The van der Waals surface area contributed by atoms with Gasteiger partial charge in [0.2, 0.25) is 10.0 Å². The van der Waals surface area contributed by atoms with Gasteiger partial charge in [-0.05, 0) is 34.9 Å². The smallest absolute Gasteiger partial charge is 0.211 e. The van der Waals surface area contributed by atoms with Gasteiger partial charge in [-0.3, -0.25) is 4.98 Å². The lowest BCUT2D eigenvalue weighted by Crippen LogP contribution is -2.23. The number of sulfonamides is 1. The van der Waals surface area contributed by atoms with E-state index in [9.17, 15) is 12.8 Å². The van der Waals surface area contributed by atoms with Crippen molar-refractivity contribution in [3.8, 4) is 11.1 Å². The van der Waals surface area contributed by atoms with Crippen LogP contribution < -0.4 is 0 Å². The summed E-state index contributed by atoms with van der Waals surface area (Å²) in [6.07, 6.45) is 2.85. The van der Waals surface area contributed by atoms with Crippen LogP contribution in [-0.4, -0.2) is 24.0 Å². The van der Waals surface area contributed by atoms with Crippen molar-refractivity contribution >= 4 is 10.0 Å². The Hall–Kier alpha value is -1.79. The molecule has 0 atom stereocenters. The molecule has 6 heteroatoms. The van der Waals surface area contributed by atoms with Crippen LogP contribution in [0.4, 0.5) is 4.39 Å². The van der Waals surface area contributed by atoms with E-state index < -0.39 is 10.0 Å². The lowest BCUT2D eigenvalue weighted by Gasteiger charge is -2.11. The Morgan fingerprint density at radius 3 is 2.50 bits per heavy atom. The third kappa shape index (κ3) is 2.32. The normalized spacial score (nSPS) is 15.3. The van der Waals surface area contributed by atoms with Crippen LogP contribution in [-0.2, 0) is 23.1 Å². The van der Waals surface area contributed by atoms with Crippen molar-refractivity contribution in [3.63, 3.8) is 0 Å². The molecule has 1 aromatic heterocycles. The minimum absolute atomic E-state index is 0.294. The maximum Gasteiger partial charge on any atom is 0.211 e. The van der Waals surface area contributed by atoms with E-state index in [1.54, 1.807) is 18.3 Å². The van der Waals surface area contributed by atoms with E-state index in [2.05, 4.69) is 4.98 Å². The molecule has 0 fully saturated rings. The van der Waals surface area contributed by atoms with Crippen LogP contribution >= 0.6 is 0 Å². The van der Waals surface area contributed by atoms with Gasteiger partial charge in [-0.15, -0.1) is 0 Å². The second kappa shape index (κ2) is 4.64. The highest BCUT2D eigenvalue weighted by Gasteiger charge is 2.28. The molecule has 0 N–H and O–H groups in total. The molecule has 4 nitrogen and oxygen atoms in total. The fourth-order valence-electron chi connectivity index (χ4n) is 2.38. The van der Waals surface area contributed by atoms with Crippen molar-refractivity contribution in [2.24, 2.45) is 0 Å². The lowest BCUT2D eigenvalue weighted by atomic mass is 10.0. The van der Waals surface area contributed by atoms with Gasteiger partial charge >= 0.3 is 0 Å². The lowest BCUT2D eigenvalue weighted by molar-refractivity contribution is 0.434. The number of nitrogens with zero attached hydrogens (tertiary/aromatic N) is 2. The molecule has 20 heavy (non-hydrogen) atoms. The van der Waals surface area contributed by atoms with Crippen LogP contribution in [0.5, 0.6) is 0 Å². The van der Waals surface area contributed by atoms with Crippen molar-refractivity contribution in [1.82, 2.24) is 9.29 Å². The number of halogens is 1. The summed E-state index contributed by atoms with van der Waals surface area (Å²) in [5, 5.41) is 0. The molecule has 1 aliphatic rings. The van der Waals surface area contributed by atoms with Crippen molar-refractivity contribution in [1.29, 1.82) is 0 Å². The molecule has 104 valence electrons. The maximum atomic E-state index is 13.0. The van der Waals surface area contributed by atoms with E-state index in [0.717, 1.165) is 22.4 Å². The summed E-state index contributed by atoms with van der Waals surface area (Å²) >= 11 is 0. The second-order valence-electron chi connectivity index (χ2n) is 4.82. The highest BCUT2D eigenvalue weighted by atomic mass is 32.2. The Balaban J connectivity index is 2.06. The molecule has 0 spiro atoms. The number of hydrogen-bond donors (Lipinski definition) is 0. The van der Waals surface area contributed by atoms with E-state index >= 15 is 0 Å². The van der Waals surface area contributed by atoms with Gasteiger partial charge < -0.3 is 0 Å². The van der Waals surface area contributed by atoms with Gasteiger partial charge in [0.05, 0.1) is 18.5 Å². The van der Waals surface area contributed by atoms with Crippen LogP contribution in [0.25, 0.3) is 11.1 Å². The Bertz CT molecular complexity index is 757. The molecular weight excluding hydrogens is 279 g/mol. The molecule has 0 aliphatic carbocycles. The number of hydrogen-bond acceptors (Lipinski definition) is 3. The maximum absolute atomic E-state index is 13.0. The zero-order valence-corrected chi connectivity index (χ0v) is 11.7. The predicted molar refractivity (Wildman–Crippen MR) is 73.7 cm³/mol. The summed E-state index contributed by atoms with van der Waals surface area (Å²) < 4.78 is 37.7. The SMILES string of the molecule is CS(=O)(=O)N1Cc2nccc(-c3ccc(F)cc3)c2C1. The summed E-state index contributed by atoms with van der Waals surface area (Å²) in [5.74, 6) is -0.294. The molecule has 0 bridgehead atoms. The number of benzene rings is 1. The second-order valence-corrected chi connectivity index (χ2v) is 6.80. The largest absolute Gasteiger partial charge is 0.260 e. The molecule has 3 rings (SSSR count). The minimum atomic E-state index is -3.24. The molecule has 2 heterocycles. The van der Waals surface area contributed by atoms with Crippen LogP contribution in [0, 0.1) is 5.82 Å². The van der Waals surface area contributed by atoms with Crippen LogP contribution in [0.15, 0.2) is 36.5 Å². The molecule has 0 saturated heterocycles. The standard InChI is InChI=1S/C14H13FN2O2S/c1-20(18,19)17-8-13-12(6-7-16-14(13)9-17)10-2-4-11(15)5-3-10/h2-7H,8-9H2,1H3. The van der Waals surface area contributed by atoms with Gasteiger partial charge in [0, 0.05) is 12.7 Å². The summed E-state index contributed by atoms with van der Waals surface area (Å²) in [4.78, 5) is 4.25. The van der Waals surface area contributed by atoms with Crippen molar-refractivity contribution in [2.45, 2.75) is 13.1 Å². The van der Waals surface area contributed by atoms with Gasteiger partial charge in [0.15, 0.2) is 0 Å². The summed E-state index contributed by atoms with van der Waals surface area (Å²) in [5.41, 5.74) is 3.42. The van der Waals surface area contributed by atoms with Crippen LogP contribution in [0.3, 0.4) is 0 Å². The molecule has 0 amide bonds. The van der Waals surface area contributed by atoms with Gasteiger partial charge in [-0.1, -0.05) is 12.1 Å². The number of aromatic nitrogens is 1. The Morgan fingerprint density at radius 1 is 1.15 bits per heavy atom. The van der Waals surface area contributed by atoms with E-state index in [0.29, 0.717) is 13.1 Å². The zero-order chi connectivity index (χ0) is 14.3. The number of fused-ring (bicyclic) bond motifs is 1. The highest BCUT2D eigenvalue weighted by molar-refractivity contribution is 7.88. The highest BCUT2D eigenvalue weighted by Crippen LogP contribution is 2.32. The summed E-state index contributed by atoms with van der Waals surface area (Å²) in [7, 11) is -3.24. The number of rotatable bonds is 2. The fourth-order valence-corrected chi connectivity index (χ4v) is 3.10. The number of pyridine rings is 1. The molecule has 1 aliphatic heterocycles.